The van der Waals surface area contributed by atoms with Gasteiger partial charge in [-0.25, -0.2) is 13.1 Å². The summed E-state index contributed by atoms with van der Waals surface area (Å²) < 4.78 is 27.8. The smallest absolute Gasteiger partial charge is 0.211 e. The Morgan fingerprint density at radius 1 is 0.905 bits per heavy atom. The zero-order valence-corrected chi connectivity index (χ0v) is 15.8. The molecular weight excluding hydrogens is 397 g/mol. The fourth-order valence-electron chi connectivity index (χ4n) is 2.16. The van der Waals surface area contributed by atoms with Crippen LogP contribution in [0.4, 0.5) is 0 Å². The van der Waals surface area contributed by atoms with E-state index in [4.69, 9.17) is 0 Å². The van der Waals surface area contributed by atoms with E-state index < -0.39 is 10.0 Å². The fraction of sp³-hybridized carbons (Fsp3) is 0.625. The second-order valence-corrected chi connectivity index (χ2v) is 8.34. The van der Waals surface area contributed by atoms with Gasteiger partial charge in [-0.05, 0) is 53.3 Å². The minimum absolute atomic E-state index is 0.350. The summed E-state index contributed by atoms with van der Waals surface area (Å²) in [5.41, 5.74) is 0. The van der Waals surface area contributed by atoms with Crippen molar-refractivity contribution in [1.82, 2.24) is 4.72 Å². The predicted octanol–water partition coefficient (Wildman–Crippen LogP) is 4.71. The van der Waals surface area contributed by atoms with Gasteiger partial charge in [0.05, 0.1) is 4.90 Å². The topological polar surface area (TPSA) is 46.2 Å². The van der Waals surface area contributed by atoms with E-state index in [1.165, 1.54) is 38.5 Å². The Labute approximate surface area is 143 Å². The van der Waals surface area contributed by atoms with Gasteiger partial charge in [0.25, 0.3) is 0 Å². The Hall–Kier alpha value is -0.140. The van der Waals surface area contributed by atoms with Crippen LogP contribution >= 0.6 is 22.6 Å². The standard InChI is InChI=1S/C16H26INO2S/c1-2-3-4-5-6-7-8-9-14-18-21(19,20)16-12-10-15(17)11-13-16/h10-13,18H,2-9,14H2,1H3. The summed E-state index contributed by atoms with van der Waals surface area (Å²) in [4.78, 5) is 0.350. The van der Waals surface area contributed by atoms with Crippen LogP contribution in [0.3, 0.4) is 0 Å². The molecule has 3 nitrogen and oxygen atoms in total. The van der Waals surface area contributed by atoms with Crippen LogP contribution in [0.2, 0.25) is 0 Å². The number of nitrogens with one attached hydrogen (secondary N) is 1. The lowest BCUT2D eigenvalue weighted by Crippen LogP contribution is -2.24. The average molecular weight is 423 g/mol. The van der Waals surface area contributed by atoms with Gasteiger partial charge in [-0.15, -0.1) is 0 Å². The van der Waals surface area contributed by atoms with Crippen LogP contribution in [-0.4, -0.2) is 15.0 Å². The number of benzene rings is 1. The SMILES string of the molecule is CCCCCCCCCCNS(=O)(=O)c1ccc(I)cc1. The first kappa shape index (κ1) is 18.9. The number of rotatable bonds is 11. The van der Waals surface area contributed by atoms with E-state index in [0.717, 1.165) is 16.4 Å². The Kier molecular flexibility index (Phi) is 9.51. The fourth-order valence-corrected chi connectivity index (χ4v) is 3.60. The molecule has 0 atom stereocenters. The quantitative estimate of drug-likeness (QED) is 0.414. The van der Waals surface area contributed by atoms with E-state index in [2.05, 4.69) is 34.2 Å². The monoisotopic (exact) mass is 423 g/mol. The molecular formula is C16H26INO2S. The highest BCUT2D eigenvalue weighted by molar-refractivity contribution is 14.1. The molecule has 5 heteroatoms. The molecule has 0 heterocycles. The molecule has 0 aliphatic heterocycles. The van der Waals surface area contributed by atoms with E-state index in [1.54, 1.807) is 12.1 Å². The molecule has 120 valence electrons. The van der Waals surface area contributed by atoms with Gasteiger partial charge in [-0.1, -0.05) is 51.9 Å². The Bertz CT molecular complexity index is 486. The van der Waals surface area contributed by atoms with E-state index in [-0.39, 0.29) is 0 Å². The minimum Gasteiger partial charge on any atom is -0.211 e. The molecule has 1 aromatic carbocycles. The van der Waals surface area contributed by atoms with Crippen LogP contribution in [0.25, 0.3) is 0 Å². The molecule has 0 saturated carbocycles. The molecule has 0 radical (unpaired) electrons. The molecule has 0 bridgehead atoms. The van der Waals surface area contributed by atoms with Gasteiger partial charge in [0.15, 0.2) is 0 Å². The molecule has 0 spiro atoms. The summed E-state index contributed by atoms with van der Waals surface area (Å²) in [6, 6.07) is 6.92. The molecule has 0 amide bonds. The van der Waals surface area contributed by atoms with Crippen molar-refractivity contribution < 1.29 is 8.42 Å². The molecule has 1 aromatic rings. The van der Waals surface area contributed by atoms with Crippen LogP contribution < -0.4 is 4.72 Å². The van der Waals surface area contributed by atoms with E-state index in [9.17, 15) is 8.42 Å². The maximum absolute atomic E-state index is 12.0. The second kappa shape index (κ2) is 10.6. The third-order valence-electron chi connectivity index (χ3n) is 3.45. The average Bonchev–Trinajstić information content (AvgIpc) is 2.46. The maximum atomic E-state index is 12.0. The lowest BCUT2D eigenvalue weighted by atomic mass is 10.1. The zero-order valence-electron chi connectivity index (χ0n) is 12.8. The normalized spacial score (nSPS) is 11.7. The van der Waals surface area contributed by atoms with Crippen molar-refractivity contribution in [3.8, 4) is 0 Å². The van der Waals surface area contributed by atoms with Gasteiger partial charge in [-0.2, -0.15) is 0 Å². The molecule has 0 saturated heterocycles. The number of hydrogen-bond donors (Lipinski definition) is 1. The Morgan fingerprint density at radius 2 is 1.43 bits per heavy atom. The van der Waals surface area contributed by atoms with E-state index in [1.807, 2.05) is 12.1 Å². The summed E-state index contributed by atoms with van der Waals surface area (Å²) in [6.45, 7) is 2.75. The van der Waals surface area contributed by atoms with Gasteiger partial charge < -0.3 is 0 Å². The summed E-state index contributed by atoms with van der Waals surface area (Å²) in [7, 11) is -3.34. The lowest BCUT2D eigenvalue weighted by Gasteiger charge is -2.07. The summed E-state index contributed by atoms with van der Waals surface area (Å²) in [6.07, 6.45) is 9.73. The number of halogens is 1. The number of sulfonamides is 1. The van der Waals surface area contributed by atoms with Crippen molar-refractivity contribution in [3.63, 3.8) is 0 Å². The van der Waals surface area contributed by atoms with Gasteiger partial charge in [0.1, 0.15) is 0 Å². The first-order valence-electron chi connectivity index (χ1n) is 7.81. The third kappa shape index (κ3) is 8.16. The van der Waals surface area contributed by atoms with Gasteiger partial charge in [0, 0.05) is 10.1 Å². The summed E-state index contributed by atoms with van der Waals surface area (Å²) in [5, 5.41) is 0. The molecule has 1 rings (SSSR count). The van der Waals surface area contributed by atoms with Crippen molar-refractivity contribution in [3.05, 3.63) is 27.8 Å². The Morgan fingerprint density at radius 3 is 2.00 bits per heavy atom. The Balaban J connectivity index is 2.15. The van der Waals surface area contributed by atoms with Crippen LogP contribution in [0.5, 0.6) is 0 Å². The zero-order chi connectivity index (χ0) is 15.6. The first-order valence-corrected chi connectivity index (χ1v) is 10.4. The van der Waals surface area contributed by atoms with Crippen LogP contribution in [0, 0.1) is 3.57 Å². The third-order valence-corrected chi connectivity index (χ3v) is 5.64. The lowest BCUT2D eigenvalue weighted by molar-refractivity contribution is 0.559. The minimum atomic E-state index is -3.34. The van der Waals surface area contributed by atoms with Crippen LogP contribution in [0.15, 0.2) is 29.2 Å². The van der Waals surface area contributed by atoms with E-state index in [0.29, 0.717) is 11.4 Å². The highest BCUT2D eigenvalue weighted by atomic mass is 127. The van der Waals surface area contributed by atoms with Gasteiger partial charge >= 0.3 is 0 Å². The number of unbranched alkanes of at least 4 members (excludes halogenated alkanes) is 7. The van der Waals surface area contributed by atoms with Crippen molar-refractivity contribution in [2.75, 3.05) is 6.54 Å². The first-order chi connectivity index (χ1) is 10.1. The highest BCUT2D eigenvalue weighted by Gasteiger charge is 2.12. The molecule has 0 fully saturated rings. The molecule has 0 aliphatic carbocycles. The van der Waals surface area contributed by atoms with Gasteiger partial charge in [-0.3, -0.25) is 0 Å². The highest BCUT2D eigenvalue weighted by Crippen LogP contribution is 2.12. The largest absolute Gasteiger partial charge is 0.240 e. The molecule has 21 heavy (non-hydrogen) atoms. The molecule has 1 N–H and O–H groups in total. The van der Waals surface area contributed by atoms with Crippen LogP contribution in [-0.2, 0) is 10.0 Å². The molecule has 0 aromatic heterocycles. The molecule has 0 aliphatic rings. The number of hydrogen-bond acceptors (Lipinski definition) is 2. The maximum Gasteiger partial charge on any atom is 0.240 e. The second-order valence-electron chi connectivity index (χ2n) is 5.33. The van der Waals surface area contributed by atoms with Crippen molar-refractivity contribution in [2.24, 2.45) is 0 Å². The van der Waals surface area contributed by atoms with Crippen molar-refractivity contribution in [1.29, 1.82) is 0 Å². The van der Waals surface area contributed by atoms with Gasteiger partial charge in [0.2, 0.25) is 10.0 Å². The predicted molar refractivity (Wildman–Crippen MR) is 97.0 cm³/mol. The summed E-state index contributed by atoms with van der Waals surface area (Å²) >= 11 is 2.17. The van der Waals surface area contributed by atoms with E-state index >= 15 is 0 Å². The van der Waals surface area contributed by atoms with Crippen molar-refractivity contribution >= 4 is 32.6 Å². The summed E-state index contributed by atoms with van der Waals surface area (Å²) in [5.74, 6) is 0. The molecule has 0 unspecified atom stereocenters. The van der Waals surface area contributed by atoms with Crippen molar-refractivity contribution in [2.45, 2.75) is 63.2 Å². The van der Waals surface area contributed by atoms with Crippen LogP contribution in [0.1, 0.15) is 58.3 Å².